The zero-order chi connectivity index (χ0) is 23.4. The average molecular weight is 447 g/mol. The lowest BCUT2D eigenvalue weighted by molar-refractivity contribution is -0.121. The van der Waals surface area contributed by atoms with Gasteiger partial charge in [0, 0.05) is 43.0 Å². The molecule has 4 aromatic rings. The van der Waals surface area contributed by atoms with Crippen molar-refractivity contribution in [3.05, 3.63) is 95.4 Å². The highest BCUT2D eigenvalue weighted by atomic mass is 19.1. The normalized spacial score (nSPS) is 11.9. The Morgan fingerprint density at radius 1 is 1.00 bits per heavy atom. The van der Waals surface area contributed by atoms with Crippen LogP contribution in [0.15, 0.2) is 72.9 Å². The number of nitrogens with one attached hydrogen (secondary N) is 1. The molecule has 5 nitrogen and oxygen atoms in total. The van der Waals surface area contributed by atoms with Crippen molar-refractivity contribution >= 4 is 16.8 Å². The highest BCUT2D eigenvalue weighted by molar-refractivity contribution is 5.86. The number of hydrogen-bond acceptors (Lipinski definition) is 3. The third-order valence-electron chi connectivity index (χ3n) is 5.91. The minimum Gasteiger partial charge on any atom is -0.493 e. The number of aromatic nitrogens is 1. The highest BCUT2D eigenvalue weighted by Crippen LogP contribution is 2.38. The number of amides is 1. The Bertz CT molecular complexity index is 1260. The van der Waals surface area contributed by atoms with Crippen molar-refractivity contribution in [2.75, 3.05) is 14.2 Å². The molecule has 0 spiro atoms. The first-order valence-corrected chi connectivity index (χ1v) is 10.8. The molecule has 1 heterocycles. The SMILES string of the molecule is COc1ccc(C(CC(=O)NCc2ccc(F)cc2)c2cn(C)c3ccccc23)cc1OC. The summed E-state index contributed by atoms with van der Waals surface area (Å²) in [6.07, 6.45) is 2.34. The van der Waals surface area contributed by atoms with Crippen LogP contribution in [0.2, 0.25) is 0 Å². The molecule has 0 saturated carbocycles. The number of halogens is 1. The number of carbonyl (C=O) groups is 1. The number of hydrogen-bond donors (Lipinski definition) is 1. The summed E-state index contributed by atoms with van der Waals surface area (Å²) in [6.45, 7) is 0.341. The summed E-state index contributed by atoms with van der Waals surface area (Å²) in [6, 6.07) is 20.1. The largest absolute Gasteiger partial charge is 0.493 e. The molecular formula is C27H27FN2O3. The zero-order valence-corrected chi connectivity index (χ0v) is 19.0. The van der Waals surface area contributed by atoms with Gasteiger partial charge in [0.05, 0.1) is 14.2 Å². The quantitative estimate of drug-likeness (QED) is 0.406. The number of rotatable bonds is 8. The molecule has 1 atom stereocenters. The van der Waals surface area contributed by atoms with E-state index in [-0.39, 0.29) is 24.1 Å². The van der Waals surface area contributed by atoms with Crippen LogP contribution in [-0.2, 0) is 18.4 Å². The lowest BCUT2D eigenvalue weighted by Crippen LogP contribution is -2.25. The van der Waals surface area contributed by atoms with E-state index in [0.717, 1.165) is 27.6 Å². The number of ether oxygens (including phenoxy) is 2. The molecule has 0 fully saturated rings. The molecule has 3 aromatic carbocycles. The maximum absolute atomic E-state index is 13.2. The molecule has 6 heteroatoms. The zero-order valence-electron chi connectivity index (χ0n) is 19.0. The van der Waals surface area contributed by atoms with Gasteiger partial charge in [0.1, 0.15) is 5.82 Å². The minimum atomic E-state index is -0.297. The highest BCUT2D eigenvalue weighted by Gasteiger charge is 2.23. The van der Waals surface area contributed by atoms with E-state index >= 15 is 0 Å². The van der Waals surface area contributed by atoms with E-state index < -0.39 is 0 Å². The summed E-state index contributed by atoms with van der Waals surface area (Å²) in [5.74, 6) is 0.677. The van der Waals surface area contributed by atoms with Crippen LogP contribution in [0.25, 0.3) is 10.9 Å². The topological polar surface area (TPSA) is 52.5 Å². The van der Waals surface area contributed by atoms with Crippen molar-refractivity contribution in [3.63, 3.8) is 0 Å². The molecule has 33 heavy (non-hydrogen) atoms. The van der Waals surface area contributed by atoms with Crippen LogP contribution in [0.1, 0.15) is 29.0 Å². The van der Waals surface area contributed by atoms with Crippen LogP contribution in [-0.4, -0.2) is 24.7 Å². The van der Waals surface area contributed by atoms with Gasteiger partial charge in [0.15, 0.2) is 11.5 Å². The van der Waals surface area contributed by atoms with Gasteiger partial charge in [0.25, 0.3) is 0 Å². The first-order valence-electron chi connectivity index (χ1n) is 10.8. The number of fused-ring (bicyclic) bond motifs is 1. The average Bonchev–Trinajstić information content (AvgIpc) is 3.18. The van der Waals surface area contributed by atoms with Crippen molar-refractivity contribution < 1.29 is 18.7 Å². The van der Waals surface area contributed by atoms with Gasteiger partial charge in [-0.05, 0) is 47.0 Å². The van der Waals surface area contributed by atoms with E-state index in [1.54, 1.807) is 26.4 Å². The maximum Gasteiger partial charge on any atom is 0.221 e. The van der Waals surface area contributed by atoms with E-state index in [9.17, 15) is 9.18 Å². The Balaban J connectivity index is 1.67. The Hall–Kier alpha value is -3.80. The number of benzene rings is 3. The summed E-state index contributed by atoms with van der Waals surface area (Å²) >= 11 is 0. The van der Waals surface area contributed by atoms with Crippen molar-refractivity contribution in [2.45, 2.75) is 18.9 Å². The van der Waals surface area contributed by atoms with Crippen LogP contribution in [0, 0.1) is 5.82 Å². The molecule has 0 aliphatic rings. The fraction of sp³-hybridized carbons (Fsp3) is 0.222. The van der Waals surface area contributed by atoms with E-state index in [1.807, 2.05) is 37.4 Å². The lowest BCUT2D eigenvalue weighted by Gasteiger charge is -2.19. The molecule has 0 radical (unpaired) electrons. The Morgan fingerprint density at radius 2 is 1.73 bits per heavy atom. The first kappa shape index (κ1) is 22.4. The number of methoxy groups -OCH3 is 2. The summed E-state index contributed by atoms with van der Waals surface area (Å²) < 4.78 is 26.2. The Morgan fingerprint density at radius 3 is 2.45 bits per heavy atom. The molecule has 0 aliphatic carbocycles. The van der Waals surface area contributed by atoms with Crippen molar-refractivity contribution in [1.82, 2.24) is 9.88 Å². The molecule has 1 unspecified atom stereocenters. The summed E-state index contributed by atoms with van der Waals surface area (Å²) in [5, 5.41) is 4.07. The number of carbonyl (C=O) groups excluding carboxylic acids is 1. The van der Waals surface area contributed by atoms with Gasteiger partial charge in [-0.3, -0.25) is 4.79 Å². The van der Waals surface area contributed by atoms with Gasteiger partial charge < -0.3 is 19.4 Å². The lowest BCUT2D eigenvalue weighted by atomic mass is 9.87. The monoisotopic (exact) mass is 446 g/mol. The number of nitrogens with zero attached hydrogens (tertiary/aromatic N) is 1. The van der Waals surface area contributed by atoms with Crippen molar-refractivity contribution in [1.29, 1.82) is 0 Å². The maximum atomic E-state index is 13.2. The third-order valence-corrected chi connectivity index (χ3v) is 5.91. The molecule has 1 N–H and O–H groups in total. The molecule has 0 bridgehead atoms. The van der Waals surface area contributed by atoms with Crippen LogP contribution in [0.5, 0.6) is 11.5 Å². The predicted octanol–water partition coefficient (Wildman–Crippen LogP) is 5.17. The first-order chi connectivity index (χ1) is 16.0. The Kier molecular flexibility index (Phi) is 6.63. The second kappa shape index (κ2) is 9.77. The van der Waals surface area contributed by atoms with Crippen LogP contribution in [0.3, 0.4) is 0 Å². The second-order valence-electron chi connectivity index (χ2n) is 7.99. The predicted molar refractivity (Wildman–Crippen MR) is 127 cm³/mol. The molecule has 0 aliphatic heterocycles. The van der Waals surface area contributed by atoms with Gasteiger partial charge in [0.2, 0.25) is 5.91 Å². The van der Waals surface area contributed by atoms with Crippen LogP contribution in [0.4, 0.5) is 4.39 Å². The molecule has 170 valence electrons. The fourth-order valence-electron chi connectivity index (χ4n) is 4.19. The molecule has 4 rings (SSSR count). The van der Waals surface area contributed by atoms with E-state index in [4.69, 9.17) is 9.47 Å². The van der Waals surface area contributed by atoms with Gasteiger partial charge in [-0.2, -0.15) is 0 Å². The summed E-state index contributed by atoms with van der Waals surface area (Å²) in [4.78, 5) is 13.0. The summed E-state index contributed by atoms with van der Waals surface area (Å²) in [7, 11) is 5.21. The standard InChI is InChI=1S/C27H27FN2O3/c1-30-17-23(21-6-4-5-7-24(21)30)22(19-10-13-25(32-2)26(14-19)33-3)15-27(31)29-16-18-8-11-20(28)12-9-18/h4-14,17,22H,15-16H2,1-3H3,(H,29,31). The third kappa shape index (κ3) is 4.85. The van der Waals surface area contributed by atoms with Crippen LogP contribution < -0.4 is 14.8 Å². The molecule has 1 amide bonds. The second-order valence-corrected chi connectivity index (χ2v) is 7.99. The van der Waals surface area contributed by atoms with E-state index in [0.29, 0.717) is 18.0 Å². The number of aryl methyl sites for hydroxylation is 1. The van der Waals surface area contributed by atoms with E-state index in [2.05, 4.69) is 28.2 Å². The molecule has 1 aromatic heterocycles. The van der Waals surface area contributed by atoms with Crippen molar-refractivity contribution in [3.8, 4) is 11.5 Å². The minimum absolute atomic E-state index is 0.0907. The summed E-state index contributed by atoms with van der Waals surface area (Å²) in [5.41, 5.74) is 3.97. The molecule has 0 saturated heterocycles. The van der Waals surface area contributed by atoms with E-state index in [1.165, 1.54) is 12.1 Å². The van der Waals surface area contributed by atoms with Gasteiger partial charge in [-0.1, -0.05) is 36.4 Å². The van der Waals surface area contributed by atoms with Gasteiger partial charge in [-0.25, -0.2) is 4.39 Å². The van der Waals surface area contributed by atoms with Crippen molar-refractivity contribution in [2.24, 2.45) is 7.05 Å². The van der Waals surface area contributed by atoms with Gasteiger partial charge in [-0.15, -0.1) is 0 Å². The van der Waals surface area contributed by atoms with Crippen LogP contribution >= 0.6 is 0 Å². The smallest absolute Gasteiger partial charge is 0.221 e. The molecular weight excluding hydrogens is 419 g/mol. The van der Waals surface area contributed by atoms with Gasteiger partial charge >= 0.3 is 0 Å². The number of para-hydroxylation sites is 1. The Labute approximate surface area is 192 Å². The fourth-order valence-corrected chi connectivity index (χ4v) is 4.19.